The highest BCUT2D eigenvalue weighted by Crippen LogP contribution is 2.42. The van der Waals surface area contributed by atoms with Crippen molar-refractivity contribution >= 4 is 65.6 Å². The highest BCUT2D eigenvalue weighted by atomic mass is 16.3. The Morgan fingerprint density at radius 3 is 1.73 bits per heavy atom. The lowest BCUT2D eigenvalue weighted by molar-refractivity contribution is 0.673. The van der Waals surface area contributed by atoms with E-state index in [1.165, 1.54) is 38.3 Å². The molecule has 0 fully saturated rings. The monoisotopic (exact) mass is 574 g/mol. The molecule has 0 spiro atoms. The zero-order valence-corrected chi connectivity index (χ0v) is 24.3. The maximum Gasteiger partial charge on any atom is 0.145 e. The van der Waals surface area contributed by atoms with E-state index < -0.39 is 0 Å². The Morgan fingerprint density at radius 2 is 0.978 bits per heavy atom. The number of furan rings is 1. The molecule has 0 saturated carbocycles. The van der Waals surface area contributed by atoms with Crippen LogP contribution in [0.2, 0.25) is 0 Å². The molecule has 0 radical (unpaired) electrons. The predicted octanol–water partition coefficient (Wildman–Crippen LogP) is 11.4. The Morgan fingerprint density at radius 1 is 0.356 bits per heavy atom. The first kappa shape index (κ1) is 24.4. The molecule has 0 amide bonds. The smallest absolute Gasteiger partial charge is 0.145 e. The summed E-state index contributed by atoms with van der Waals surface area (Å²) in [6, 6.07) is 56.4. The molecule has 10 aromatic rings. The first-order valence-electron chi connectivity index (χ1n) is 15.4. The minimum atomic E-state index is 0.899. The normalized spacial score (nSPS) is 12.0. The van der Waals surface area contributed by atoms with Gasteiger partial charge >= 0.3 is 0 Å². The number of rotatable bonds is 3. The van der Waals surface area contributed by atoms with Crippen LogP contribution in [-0.4, -0.2) is 9.13 Å². The standard InChI is InChI=1S/C42H26N2O/c1-3-11-27(12-4-1)28-19-24-40-34(25-28)33-21-23-39-41(42(33)45-40)35-26-30(20-22-38(35)43(39)29-13-5-2-6-14-29)44-36-17-9-7-15-31(36)32-16-8-10-18-37(32)44/h1-26H. The molecule has 3 aromatic heterocycles. The molecule has 0 unspecified atom stereocenters. The van der Waals surface area contributed by atoms with Gasteiger partial charge in [0.2, 0.25) is 0 Å². The second-order valence-corrected chi connectivity index (χ2v) is 11.8. The number of para-hydroxylation sites is 3. The first-order valence-corrected chi connectivity index (χ1v) is 15.4. The fourth-order valence-corrected chi connectivity index (χ4v) is 7.33. The van der Waals surface area contributed by atoms with E-state index in [0.29, 0.717) is 0 Å². The van der Waals surface area contributed by atoms with Crippen LogP contribution in [0.25, 0.3) is 88.1 Å². The molecule has 0 aliphatic heterocycles. The average molecular weight is 575 g/mol. The third-order valence-corrected chi connectivity index (χ3v) is 9.31. The molecule has 0 N–H and O–H groups in total. The van der Waals surface area contributed by atoms with Crippen LogP contribution in [0.1, 0.15) is 0 Å². The van der Waals surface area contributed by atoms with Crippen molar-refractivity contribution in [1.29, 1.82) is 0 Å². The van der Waals surface area contributed by atoms with E-state index in [9.17, 15) is 0 Å². The van der Waals surface area contributed by atoms with Crippen LogP contribution in [0.4, 0.5) is 0 Å². The maximum atomic E-state index is 6.76. The van der Waals surface area contributed by atoms with Gasteiger partial charge in [0.1, 0.15) is 11.2 Å². The Kier molecular flexibility index (Phi) is 5.00. The summed E-state index contributed by atoms with van der Waals surface area (Å²) in [5, 5.41) is 7.08. The number of aromatic nitrogens is 2. The highest BCUT2D eigenvalue weighted by Gasteiger charge is 2.20. The summed E-state index contributed by atoms with van der Waals surface area (Å²) in [5.74, 6) is 0. The fourth-order valence-electron chi connectivity index (χ4n) is 7.33. The van der Waals surface area contributed by atoms with Crippen molar-refractivity contribution in [3.05, 3.63) is 158 Å². The number of benzene rings is 7. The number of hydrogen-bond acceptors (Lipinski definition) is 1. The van der Waals surface area contributed by atoms with Crippen molar-refractivity contribution < 1.29 is 4.42 Å². The lowest BCUT2D eigenvalue weighted by Crippen LogP contribution is -1.95. The second kappa shape index (κ2) is 9.22. The van der Waals surface area contributed by atoms with Crippen LogP contribution < -0.4 is 0 Å². The topological polar surface area (TPSA) is 23.0 Å². The van der Waals surface area contributed by atoms with Crippen LogP contribution >= 0.6 is 0 Å². The van der Waals surface area contributed by atoms with Gasteiger partial charge in [0.05, 0.1) is 27.5 Å². The van der Waals surface area contributed by atoms with Crippen molar-refractivity contribution in [2.75, 3.05) is 0 Å². The van der Waals surface area contributed by atoms with Crippen molar-refractivity contribution in [3.63, 3.8) is 0 Å². The molecule has 45 heavy (non-hydrogen) atoms. The lowest BCUT2D eigenvalue weighted by Gasteiger charge is -2.10. The summed E-state index contributed by atoms with van der Waals surface area (Å²) >= 11 is 0. The number of hydrogen-bond donors (Lipinski definition) is 0. The van der Waals surface area contributed by atoms with Crippen molar-refractivity contribution in [3.8, 4) is 22.5 Å². The molecule has 0 atom stereocenters. The number of fused-ring (bicyclic) bond motifs is 10. The van der Waals surface area contributed by atoms with Crippen LogP contribution in [-0.2, 0) is 0 Å². The van der Waals surface area contributed by atoms with Gasteiger partial charge in [0.25, 0.3) is 0 Å². The van der Waals surface area contributed by atoms with Gasteiger partial charge in [-0.2, -0.15) is 0 Å². The Bertz CT molecular complexity index is 2690. The van der Waals surface area contributed by atoms with Gasteiger partial charge in [-0.05, 0) is 77.9 Å². The quantitative estimate of drug-likeness (QED) is 0.206. The minimum absolute atomic E-state index is 0.899. The minimum Gasteiger partial charge on any atom is -0.455 e. The van der Waals surface area contributed by atoms with Gasteiger partial charge in [-0.25, -0.2) is 0 Å². The SMILES string of the molecule is c1ccc(-c2ccc3oc4c(ccc5c4c4cc(-n6c7ccccc7c7ccccc76)ccc4n5-c4ccccc4)c3c2)cc1. The molecule has 0 aliphatic rings. The average Bonchev–Trinajstić information content (AvgIpc) is 3.76. The fraction of sp³-hybridized carbons (Fsp3) is 0. The summed E-state index contributed by atoms with van der Waals surface area (Å²) in [6.07, 6.45) is 0. The van der Waals surface area contributed by atoms with Gasteiger partial charge in [0, 0.05) is 38.3 Å². The summed E-state index contributed by atoms with van der Waals surface area (Å²) < 4.78 is 11.5. The van der Waals surface area contributed by atoms with Gasteiger partial charge in [-0.3, -0.25) is 0 Å². The summed E-state index contributed by atoms with van der Waals surface area (Å²) in [7, 11) is 0. The zero-order chi connectivity index (χ0) is 29.5. The Balaban J connectivity index is 1.32. The zero-order valence-electron chi connectivity index (χ0n) is 24.3. The second-order valence-electron chi connectivity index (χ2n) is 11.8. The summed E-state index contributed by atoms with van der Waals surface area (Å²) in [6.45, 7) is 0. The van der Waals surface area contributed by atoms with Gasteiger partial charge in [-0.1, -0.05) is 91.0 Å². The number of nitrogens with zero attached hydrogens (tertiary/aromatic N) is 2. The molecular weight excluding hydrogens is 548 g/mol. The molecule has 7 aromatic carbocycles. The third kappa shape index (κ3) is 3.46. The lowest BCUT2D eigenvalue weighted by atomic mass is 10.0. The Labute approximate surface area is 258 Å². The van der Waals surface area contributed by atoms with Crippen LogP contribution in [0.3, 0.4) is 0 Å². The first-order chi connectivity index (χ1) is 22.3. The maximum absolute atomic E-state index is 6.76. The van der Waals surface area contributed by atoms with Crippen molar-refractivity contribution in [2.45, 2.75) is 0 Å². The highest BCUT2D eigenvalue weighted by molar-refractivity contribution is 6.24. The largest absolute Gasteiger partial charge is 0.455 e. The Hall–Kier alpha value is -6.06. The van der Waals surface area contributed by atoms with Gasteiger partial charge < -0.3 is 13.6 Å². The molecule has 3 heterocycles. The molecule has 10 rings (SSSR count). The van der Waals surface area contributed by atoms with Gasteiger partial charge in [-0.15, -0.1) is 0 Å². The molecule has 210 valence electrons. The molecule has 3 nitrogen and oxygen atoms in total. The van der Waals surface area contributed by atoms with Crippen molar-refractivity contribution in [2.24, 2.45) is 0 Å². The van der Waals surface area contributed by atoms with Crippen LogP contribution in [0.5, 0.6) is 0 Å². The van der Waals surface area contributed by atoms with Crippen LogP contribution in [0, 0.1) is 0 Å². The molecular formula is C42H26N2O. The van der Waals surface area contributed by atoms with Crippen molar-refractivity contribution in [1.82, 2.24) is 9.13 Å². The van der Waals surface area contributed by atoms with E-state index in [1.54, 1.807) is 0 Å². The molecule has 3 heteroatoms. The molecule has 0 bridgehead atoms. The van der Waals surface area contributed by atoms with E-state index >= 15 is 0 Å². The van der Waals surface area contributed by atoms with Gasteiger partial charge in [0.15, 0.2) is 0 Å². The summed E-state index contributed by atoms with van der Waals surface area (Å²) in [5.41, 5.74) is 11.2. The van der Waals surface area contributed by atoms with E-state index in [1.807, 2.05) is 0 Å². The summed E-state index contributed by atoms with van der Waals surface area (Å²) in [4.78, 5) is 0. The molecule has 0 aliphatic carbocycles. The van der Waals surface area contributed by atoms with E-state index in [-0.39, 0.29) is 0 Å². The predicted molar refractivity (Wildman–Crippen MR) is 188 cm³/mol. The van der Waals surface area contributed by atoms with E-state index in [0.717, 1.165) is 49.7 Å². The van der Waals surface area contributed by atoms with E-state index in [4.69, 9.17) is 4.42 Å². The third-order valence-electron chi connectivity index (χ3n) is 9.31. The van der Waals surface area contributed by atoms with E-state index in [2.05, 4.69) is 167 Å². The van der Waals surface area contributed by atoms with Crippen LogP contribution in [0.15, 0.2) is 162 Å². The molecule has 0 saturated heterocycles.